The SMILES string of the molecule is C=C(C)CO[N+](C)(C)CC.[Cl-]. The average Bonchev–Trinajstić information content (AvgIpc) is 1.85. The Balaban J connectivity index is 0. The van der Waals surface area contributed by atoms with E-state index >= 15 is 0 Å². The van der Waals surface area contributed by atoms with Gasteiger partial charge in [0.2, 0.25) is 0 Å². The summed E-state index contributed by atoms with van der Waals surface area (Å²) in [6.07, 6.45) is 0. The Morgan fingerprint density at radius 2 is 1.91 bits per heavy atom. The highest BCUT2D eigenvalue weighted by molar-refractivity contribution is 4.86. The lowest BCUT2D eigenvalue weighted by atomic mass is 10.4. The Hall–Kier alpha value is -0.0500. The molecule has 0 atom stereocenters. The molecule has 0 rings (SSSR count). The van der Waals surface area contributed by atoms with Gasteiger partial charge in [0.05, 0.1) is 14.1 Å². The topological polar surface area (TPSA) is 9.23 Å². The molecule has 0 radical (unpaired) electrons. The van der Waals surface area contributed by atoms with Gasteiger partial charge < -0.3 is 12.4 Å². The predicted octanol–water partition coefficient (Wildman–Crippen LogP) is -1.41. The number of halogens is 1. The lowest BCUT2D eigenvalue weighted by Gasteiger charge is -2.24. The molecule has 0 heterocycles. The zero-order chi connectivity index (χ0) is 8.20. The summed E-state index contributed by atoms with van der Waals surface area (Å²) < 4.78 is 0.604. The van der Waals surface area contributed by atoms with Crippen molar-refractivity contribution in [3.05, 3.63) is 12.2 Å². The second kappa shape index (κ2) is 5.58. The van der Waals surface area contributed by atoms with Crippen molar-refractivity contribution in [1.29, 1.82) is 0 Å². The second-order valence-corrected chi connectivity index (χ2v) is 3.12. The van der Waals surface area contributed by atoms with E-state index in [1.807, 2.05) is 21.0 Å². The third kappa shape index (κ3) is 7.85. The minimum absolute atomic E-state index is 0. The van der Waals surface area contributed by atoms with E-state index in [0.717, 1.165) is 12.1 Å². The lowest BCUT2D eigenvalue weighted by Crippen LogP contribution is -3.00. The summed E-state index contributed by atoms with van der Waals surface area (Å²) in [5.41, 5.74) is 1.07. The van der Waals surface area contributed by atoms with E-state index in [1.165, 1.54) is 0 Å². The van der Waals surface area contributed by atoms with Gasteiger partial charge in [-0.15, -0.1) is 0 Å². The Labute approximate surface area is 75.8 Å². The fourth-order valence-corrected chi connectivity index (χ4v) is 0.376. The summed E-state index contributed by atoms with van der Waals surface area (Å²) in [4.78, 5) is 5.48. The first-order valence-electron chi connectivity index (χ1n) is 3.60. The number of hydroxylamine groups is 3. The Bertz CT molecular complexity index is 123. The Morgan fingerprint density at radius 1 is 1.45 bits per heavy atom. The summed E-state index contributed by atoms with van der Waals surface area (Å²) in [7, 11) is 4.06. The molecule has 68 valence electrons. The van der Waals surface area contributed by atoms with E-state index in [-0.39, 0.29) is 12.4 Å². The van der Waals surface area contributed by atoms with Crippen LogP contribution in [0.4, 0.5) is 0 Å². The highest BCUT2D eigenvalue weighted by Crippen LogP contribution is 1.99. The largest absolute Gasteiger partial charge is 1.00 e. The van der Waals surface area contributed by atoms with Crippen molar-refractivity contribution in [1.82, 2.24) is 0 Å². The van der Waals surface area contributed by atoms with E-state index in [1.54, 1.807) is 0 Å². The molecular weight excluding hydrogens is 162 g/mol. The summed E-state index contributed by atoms with van der Waals surface area (Å²) in [6.45, 7) is 9.45. The fourth-order valence-electron chi connectivity index (χ4n) is 0.376. The van der Waals surface area contributed by atoms with Crippen LogP contribution in [0.3, 0.4) is 0 Å². The van der Waals surface area contributed by atoms with Crippen LogP contribution in [-0.2, 0) is 4.84 Å². The van der Waals surface area contributed by atoms with E-state index in [4.69, 9.17) is 4.84 Å². The zero-order valence-corrected chi connectivity index (χ0v) is 8.61. The molecule has 0 aliphatic heterocycles. The van der Waals surface area contributed by atoms with Crippen LogP contribution in [0.5, 0.6) is 0 Å². The van der Waals surface area contributed by atoms with Crippen molar-refractivity contribution < 1.29 is 21.9 Å². The van der Waals surface area contributed by atoms with Crippen molar-refractivity contribution in [3.8, 4) is 0 Å². The molecule has 2 nitrogen and oxygen atoms in total. The first-order valence-corrected chi connectivity index (χ1v) is 3.60. The molecule has 0 bridgehead atoms. The van der Waals surface area contributed by atoms with Gasteiger partial charge in [0, 0.05) is 0 Å². The van der Waals surface area contributed by atoms with Gasteiger partial charge in [-0.2, -0.15) is 9.48 Å². The van der Waals surface area contributed by atoms with Gasteiger partial charge in [0.1, 0.15) is 13.2 Å². The van der Waals surface area contributed by atoms with Crippen molar-refractivity contribution in [3.63, 3.8) is 0 Å². The maximum Gasteiger partial charge on any atom is 0.127 e. The first-order chi connectivity index (χ1) is 4.48. The predicted molar refractivity (Wildman–Crippen MR) is 43.4 cm³/mol. The first kappa shape index (κ1) is 13.5. The number of hydrogen-bond donors (Lipinski definition) is 0. The number of nitrogens with zero attached hydrogens (tertiary/aromatic N) is 1. The van der Waals surface area contributed by atoms with Crippen LogP contribution in [0.1, 0.15) is 13.8 Å². The van der Waals surface area contributed by atoms with Crippen LogP contribution in [0.25, 0.3) is 0 Å². The third-order valence-corrected chi connectivity index (χ3v) is 1.42. The summed E-state index contributed by atoms with van der Waals surface area (Å²) >= 11 is 0. The molecule has 0 amide bonds. The standard InChI is InChI=1S/C8H18NO.ClH/c1-6-9(4,5)10-7-8(2)3;/h2,6-7H2,1,3-5H3;1H/q+1;/p-1. The van der Waals surface area contributed by atoms with Crippen molar-refractivity contribution in [2.45, 2.75) is 13.8 Å². The van der Waals surface area contributed by atoms with Gasteiger partial charge >= 0.3 is 0 Å². The van der Waals surface area contributed by atoms with Gasteiger partial charge in [-0.1, -0.05) is 6.58 Å². The maximum absolute atomic E-state index is 5.48. The zero-order valence-electron chi connectivity index (χ0n) is 7.85. The van der Waals surface area contributed by atoms with Gasteiger partial charge in [0.25, 0.3) is 0 Å². The molecule has 0 saturated heterocycles. The van der Waals surface area contributed by atoms with Crippen LogP contribution >= 0.6 is 0 Å². The van der Waals surface area contributed by atoms with Gasteiger partial charge in [0.15, 0.2) is 0 Å². The fraction of sp³-hybridized carbons (Fsp3) is 0.750. The molecule has 0 aromatic heterocycles. The molecule has 0 aliphatic rings. The number of hydrogen-bond acceptors (Lipinski definition) is 1. The Morgan fingerprint density at radius 3 is 2.18 bits per heavy atom. The molecule has 0 aromatic rings. The van der Waals surface area contributed by atoms with E-state index in [9.17, 15) is 0 Å². The monoisotopic (exact) mass is 179 g/mol. The van der Waals surface area contributed by atoms with Crippen LogP contribution in [-0.4, -0.2) is 31.9 Å². The summed E-state index contributed by atoms with van der Waals surface area (Å²) in [6, 6.07) is 0. The molecule has 0 unspecified atom stereocenters. The molecule has 0 saturated carbocycles. The molecule has 0 aromatic carbocycles. The number of quaternary nitrogens is 1. The normalized spacial score (nSPS) is 10.5. The van der Waals surface area contributed by atoms with Gasteiger partial charge in [-0.3, -0.25) is 0 Å². The minimum Gasteiger partial charge on any atom is -1.00 e. The van der Waals surface area contributed by atoms with Crippen LogP contribution in [0.15, 0.2) is 12.2 Å². The van der Waals surface area contributed by atoms with Crippen molar-refractivity contribution >= 4 is 0 Å². The van der Waals surface area contributed by atoms with E-state index < -0.39 is 0 Å². The Kier molecular flexibility index (Phi) is 6.87. The molecule has 3 heteroatoms. The average molecular weight is 180 g/mol. The van der Waals surface area contributed by atoms with Crippen molar-refractivity contribution in [2.75, 3.05) is 27.2 Å². The third-order valence-electron chi connectivity index (χ3n) is 1.42. The molecule has 0 fully saturated rings. The quantitative estimate of drug-likeness (QED) is 0.293. The van der Waals surface area contributed by atoms with Crippen LogP contribution in [0.2, 0.25) is 0 Å². The summed E-state index contributed by atoms with van der Waals surface area (Å²) in [5.74, 6) is 0. The lowest BCUT2D eigenvalue weighted by molar-refractivity contribution is -1.07. The van der Waals surface area contributed by atoms with Crippen molar-refractivity contribution in [2.24, 2.45) is 0 Å². The van der Waals surface area contributed by atoms with Gasteiger partial charge in [-0.05, 0) is 19.4 Å². The highest BCUT2D eigenvalue weighted by Gasteiger charge is 2.12. The smallest absolute Gasteiger partial charge is 0.127 e. The maximum atomic E-state index is 5.48. The molecule has 0 N–H and O–H groups in total. The summed E-state index contributed by atoms with van der Waals surface area (Å²) in [5, 5.41) is 0. The van der Waals surface area contributed by atoms with E-state index in [0.29, 0.717) is 11.3 Å². The van der Waals surface area contributed by atoms with Crippen LogP contribution in [0, 0.1) is 0 Å². The second-order valence-electron chi connectivity index (χ2n) is 3.12. The molecule has 0 spiro atoms. The van der Waals surface area contributed by atoms with Gasteiger partial charge in [-0.25, -0.2) is 0 Å². The van der Waals surface area contributed by atoms with E-state index in [2.05, 4.69) is 13.5 Å². The highest BCUT2D eigenvalue weighted by atomic mass is 35.5. The molecule has 11 heavy (non-hydrogen) atoms. The number of rotatable bonds is 4. The minimum atomic E-state index is 0. The van der Waals surface area contributed by atoms with Crippen LogP contribution < -0.4 is 12.4 Å². The molecule has 0 aliphatic carbocycles. The molecular formula is C8H18ClNO.